The lowest BCUT2D eigenvalue weighted by Gasteiger charge is -2.34. The van der Waals surface area contributed by atoms with Crippen LogP contribution in [0.4, 0.5) is 34.1 Å². The molecular formula is C74H50N2. The number of benzene rings is 12. The van der Waals surface area contributed by atoms with Gasteiger partial charge in [-0.15, -0.1) is 0 Å². The fourth-order valence-corrected chi connectivity index (χ4v) is 13.5. The summed E-state index contributed by atoms with van der Waals surface area (Å²) in [5.74, 6) is 0. The zero-order valence-corrected chi connectivity index (χ0v) is 41.8. The van der Waals surface area contributed by atoms with Crippen molar-refractivity contribution < 1.29 is 0 Å². The summed E-state index contributed by atoms with van der Waals surface area (Å²) in [4.78, 5) is 4.90. The van der Waals surface area contributed by atoms with Crippen molar-refractivity contribution in [3.8, 4) is 44.5 Å². The highest BCUT2D eigenvalue weighted by molar-refractivity contribution is 5.98. The minimum atomic E-state index is -0.609. The van der Waals surface area contributed by atoms with Crippen LogP contribution in [-0.4, -0.2) is 0 Å². The van der Waals surface area contributed by atoms with Gasteiger partial charge in [-0.25, -0.2) is 0 Å². The summed E-state index contributed by atoms with van der Waals surface area (Å²) in [6.45, 7) is 0. The molecule has 2 nitrogen and oxygen atoms in total. The molecule has 76 heavy (non-hydrogen) atoms. The number of hydrogen-bond acceptors (Lipinski definition) is 2. The second kappa shape index (κ2) is 17.4. The van der Waals surface area contributed by atoms with Crippen LogP contribution in [0.2, 0.25) is 0 Å². The van der Waals surface area contributed by atoms with E-state index in [1.807, 2.05) is 0 Å². The van der Waals surface area contributed by atoms with Crippen LogP contribution < -0.4 is 9.80 Å². The zero-order chi connectivity index (χ0) is 50.2. The Hall–Kier alpha value is -9.76. The predicted octanol–water partition coefficient (Wildman–Crippen LogP) is 19.0. The quantitative estimate of drug-likeness (QED) is 0.142. The molecule has 3 aliphatic rings. The van der Waals surface area contributed by atoms with Gasteiger partial charge in [-0.3, -0.25) is 0 Å². The number of fused-ring (bicyclic) bond motifs is 13. The molecular weight excluding hydrogens is 917 g/mol. The molecule has 0 fully saturated rings. The second-order valence-electron chi connectivity index (χ2n) is 20.3. The number of para-hydroxylation sites is 2. The third-order valence-corrected chi connectivity index (χ3v) is 16.5. The molecule has 0 N–H and O–H groups in total. The molecule has 1 spiro atoms. The molecule has 0 aromatic heterocycles. The van der Waals surface area contributed by atoms with Crippen molar-refractivity contribution in [1.29, 1.82) is 0 Å². The van der Waals surface area contributed by atoms with E-state index < -0.39 is 10.8 Å². The normalized spacial score (nSPS) is 14.7. The van der Waals surface area contributed by atoms with Gasteiger partial charge in [0.2, 0.25) is 0 Å². The van der Waals surface area contributed by atoms with Crippen molar-refractivity contribution >= 4 is 34.1 Å². The lowest BCUT2D eigenvalue weighted by atomic mass is 9.68. The Morgan fingerprint density at radius 2 is 0.526 bits per heavy atom. The zero-order valence-electron chi connectivity index (χ0n) is 41.8. The summed E-state index contributed by atoms with van der Waals surface area (Å²) >= 11 is 0. The molecule has 0 amide bonds. The molecule has 0 bridgehead atoms. The number of hydrogen-bond donors (Lipinski definition) is 0. The van der Waals surface area contributed by atoms with Crippen molar-refractivity contribution in [2.75, 3.05) is 9.80 Å². The van der Waals surface area contributed by atoms with E-state index in [1.54, 1.807) is 0 Å². The first-order chi connectivity index (χ1) is 37.7. The summed E-state index contributed by atoms with van der Waals surface area (Å²) in [6, 6.07) is 113. The largest absolute Gasteiger partial charge is 0.310 e. The highest BCUT2D eigenvalue weighted by Gasteiger charge is 2.52. The summed E-state index contributed by atoms with van der Waals surface area (Å²) in [5.41, 5.74) is 25.7. The maximum atomic E-state index is 2.52. The fourth-order valence-electron chi connectivity index (χ4n) is 13.5. The van der Waals surface area contributed by atoms with Crippen LogP contribution in [0.5, 0.6) is 0 Å². The van der Waals surface area contributed by atoms with Gasteiger partial charge in [-0.2, -0.15) is 0 Å². The first-order valence-electron chi connectivity index (χ1n) is 26.4. The summed E-state index contributed by atoms with van der Waals surface area (Å²) in [7, 11) is 0. The van der Waals surface area contributed by atoms with Crippen LogP contribution in [0.15, 0.2) is 303 Å². The minimum absolute atomic E-state index is 0.504. The highest BCUT2D eigenvalue weighted by Crippen LogP contribution is 2.64. The fraction of sp³-hybridized carbons (Fsp3) is 0.0270. The SMILES string of the molecule is c1ccc(-c2cccc(N(c3ccc4c(c3)-c3ccccc3C4(c3ccccc3)c3ccccc3)c3ccc4c(c3)C3(c5ccccc5-c5ccc(N(c6ccccc6)c6ccccc6)cc53)c3ccccc3-4)c2)cc1. The Kier molecular flexibility index (Phi) is 10.0. The van der Waals surface area contributed by atoms with Crippen molar-refractivity contribution in [3.05, 3.63) is 348 Å². The smallest absolute Gasteiger partial charge is 0.0727 e. The summed E-state index contributed by atoms with van der Waals surface area (Å²) < 4.78 is 0. The van der Waals surface area contributed by atoms with Gasteiger partial charge in [0.15, 0.2) is 0 Å². The van der Waals surface area contributed by atoms with E-state index in [0.29, 0.717) is 0 Å². The van der Waals surface area contributed by atoms with E-state index in [-0.39, 0.29) is 0 Å². The Labute approximate surface area is 444 Å². The van der Waals surface area contributed by atoms with Crippen molar-refractivity contribution in [2.45, 2.75) is 10.8 Å². The van der Waals surface area contributed by atoms with E-state index in [1.165, 1.54) is 89.0 Å². The maximum Gasteiger partial charge on any atom is 0.0727 e. The van der Waals surface area contributed by atoms with Crippen LogP contribution in [0.1, 0.15) is 44.5 Å². The van der Waals surface area contributed by atoms with E-state index in [0.717, 1.165) is 34.1 Å². The van der Waals surface area contributed by atoms with E-state index in [4.69, 9.17) is 0 Å². The Morgan fingerprint density at radius 3 is 1.05 bits per heavy atom. The highest BCUT2D eigenvalue weighted by atomic mass is 15.1. The van der Waals surface area contributed by atoms with Crippen LogP contribution in [0.25, 0.3) is 44.5 Å². The average molecular weight is 967 g/mol. The van der Waals surface area contributed by atoms with Crippen LogP contribution in [-0.2, 0) is 10.8 Å². The lowest BCUT2D eigenvalue weighted by molar-refractivity contribution is 0.768. The minimum Gasteiger partial charge on any atom is -0.310 e. The van der Waals surface area contributed by atoms with Gasteiger partial charge < -0.3 is 9.80 Å². The molecule has 3 aliphatic carbocycles. The van der Waals surface area contributed by atoms with E-state index >= 15 is 0 Å². The first kappa shape index (κ1) is 43.8. The van der Waals surface area contributed by atoms with Gasteiger partial charge in [-0.05, 0) is 162 Å². The Balaban J connectivity index is 0.980. The van der Waals surface area contributed by atoms with Crippen molar-refractivity contribution in [2.24, 2.45) is 0 Å². The van der Waals surface area contributed by atoms with Gasteiger partial charge in [-0.1, -0.05) is 231 Å². The standard InChI is InChI=1S/C74H50N2/c1-6-23-51(24-7-1)52-25-22-34-57(47-52)76(58-43-46-70-66(48-58)63-37-18-19-38-67(63)73(70,53-26-8-2-9-27-53)54-28-10-3-11-29-54)60-42-45-65-62-36-17-21-40-69(62)74(72(65)50-60)68-39-20-16-35-61(68)64-44-41-59(49-71(64)74)75(55-30-12-4-13-31-55)56-32-14-5-15-33-56/h1-50H. The van der Waals surface area contributed by atoms with Gasteiger partial charge in [0.1, 0.15) is 0 Å². The lowest BCUT2D eigenvalue weighted by Crippen LogP contribution is -2.28. The predicted molar refractivity (Wildman–Crippen MR) is 315 cm³/mol. The molecule has 15 rings (SSSR count). The Morgan fingerprint density at radius 1 is 0.184 bits per heavy atom. The monoisotopic (exact) mass is 966 g/mol. The number of rotatable bonds is 9. The molecule has 1 unspecified atom stereocenters. The van der Waals surface area contributed by atoms with Gasteiger partial charge in [0, 0.05) is 34.1 Å². The first-order valence-corrected chi connectivity index (χ1v) is 26.4. The molecule has 356 valence electrons. The molecule has 0 saturated carbocycles. The molecule has 0 radical (unpaired) electrons. The van der Waals surface area contributed by atoms with Crippen LogP contribution in [0, 0.1) is 0 Å². The topological polar surface area (TPSA) is 6.48 Å². The molecule has 0 heterocycles. The van der Waals surface area contributed by atoms with Crippen LogP contribution >= 0.6 is 0 Å². The van der Waals surface area contributed by atoms with Gasteiger partial charge in [0.05, 0.1) is 10.8 Å². The van der Waals surface area contributed by atoms with E-state index in [2.05, 4.69) is 313 Å². The molecule has 12 aromatic rings. The molecule has 12 aromatic carbocycles. The van der Waals surface area contributed by atoms with Gasteiger partial charge >= 0.3 is 0 Å². The van der Waals surface area contributed by atoms with Crippen LogP contribution in [0.3, 0.4) is 0 Å². The summed E-state index contributed by atoms with van der Waals surface area (Å²) in [6.07, 6.45) is 0. The van der Waals surface area contributed by atoms with Crippen molar-refractivity contribution in [1.82, 2.24) is 0 Å². The maximum absolute atomic E-state index is 2.52. The second-order valence-corrected chi connectivity index (χ2v) is 20.3. The number of anilines is 6. The average Bonchev–Trinajstić information content (AvgIpc) is 4.30. The van der Waals surface area contributed by atoms with E-state index in [9.17, 15) is 0 Å². The molecule has 0 saturated heterocycles. The molecule has 0 aliphatic heterocycles. The molecule has 2 heteroatoms. The number of nitrogens with zero attached hydrogens (tertiary/aromatic N) is 2. The molecule has 1 atom stereocenters. The van der Waals surface area contributed by atoms with Gasteiger partial charge in [0.25, 0.3) is 0 Å². The third-order valence-electron chi connectivity index (χ3n) is 16.5. The summed E-state index contributed by atoms with van der Waals surface area (Å²) in [5, 5.41) is 0. The Bertz CT molecular complexity index is 4080. The third kappa shape index (κ3) is 6.41. The van der Waals surface area contributed by atoms with Crippen molar-refractivity contribution in [3.63, 3.8) is 0 Å².